The Morgan fingerprint density at radius 1 is 1.33 bits per heavy atom. The van der Waals surface area contributed by atoms with Crippen molar-refractivity contribution in [1.82, 2.24) is 0 Å². The van der Waals surface area contributed by atoms with Crippen molar-refractivity contribution in [2.75, 3.05) is 6.26 Å². The van der Waals surface area contributed by atoms with Crippen LogP contribution in [0.15, 0.2) is 10.2 Å². The van der Waals surface area contributed by atoms with Crippen LogP contribution in [0.5, 0.6) is 0 Å². The Kier molecular flexibility index (Phi) is 3.61. The highest BCUT2D eigenvalue weighted by atomic mass is 32.2. The predicted molar refractivity (Wildman–Crippen MR) is 40.9 cm³/mol. The van der Waals surface area contributed by atoms with Crippen molar-refractivity contribution < 1.29 is 0 Å². The monoisotopic (exact) mass is 147 g/mol. The summed E-state index contributed by atoms with van der Waals surface area (Å²) >= 11 is 1.29. The van der Waals surface area contributed by atoms with Gasteiger partial charge in [0.05, 0.1) is 0 Å². The second-order valence-electron chi connectivity index (χ2n) is 1.15. The topological polar surface area (TPSA) is 103 Å². The summed E-state index contributed by atoms with van der Waals surface area (Å²) in [6, 6.07) is 0. The fourth-order valence-electron chi connectivity index (χ4n) is 0.279. The first-order valence-corrected chi connectivity index (χ1v) is 3.34. The van der Waals surface area contributed by atoms with E-state index in [9.17, 15) is 0 Å². The summed E-state index contributed by atoms with van der Waals surface area (Å²) in [6.07, 6.45) is 1.78. The van der Waals surface area contributed by atoms with E-state index >= 15 is 0 Å². The Labute approximate surface area is 57.3 Å². The molecule has 0 unspecified atom stereocenters. The van der Waals surface area contributed by atoms with Gasteiger partial charge in [0, 0.05) is 0 Å². The van der Waals surface area contributed by atoms with Crippen molar-refractivity contribution in [3.05, 3.63) is 0 Å². The summed E-state index contributed by atoms with van der Waals surface area (Å²) in [5.41, 5.74) is 5.23. The first-order chi connectivity index (χ1) is 4.26. The van der Waals surface area contributed by atoms with Crippen LogP contribution in [0.2, 0.25) is 0 Å². The van der Waals surface area contributed by atoms with Gasteiger partial charge in [0.1, 0.15) is 0 Å². The largest absolute Gasteiger partial charge is 0.380 e. The van der Waals surface area contributed by atoms with Crippen LogP contribution in [0.3, 0.4) is 0 Å². The van der Waals surface area contributed by atoms with E-state index in [1.165, 1.54) is 11.8 Å². The number of hydrogen-bond donors (Lipinski definition) is 3. The Morgan fingerprint density at radius 2 is 1.89 bits per heavy atom. The maximum Gasteiger partial charge on any atom is 0.177 e. The highest BCUT2D eigenvalue weighted by Crippen LogP contribution is 1.94. The average Bonchev–Trinajstić information content (AvgIpc) is 1.90. The Hall–Kier alpha value is -0.910. The van der Waals surface area contributed by atoms with Gasteiger partial charge in [-0.25, -0.2) is 0 Å². The number of hydrazone groups is 2. The zero-order valence-corrected chi connectivity index (χ0v) is 5.85. The van der Waals surface area contributed by atoms with Crippen LogP contribution in [0.1, 0.15) is 0 Å². The van der Waals surface area contributed by atoms with E-state index in [1.807, 2.05) is 0 Å². The molecule has 6 N–H and O–H groups in total. The average molecular weight is 147 g/mol. The lowest BCUT2D eigenvalue weighted by Gasteiger charge is -1.95. The van der Waals surface area contributed by atoms with Gasteiger partial charge in [-0.1, -0.05) is 0 Å². The standard InChI is InChI=1S/C3H9N5S/c1-9-3(8-6)2(4)7-5/h5-6H2,1H3,(H2,4,7)/b8-3+. The quantitative estimate of drug-likeness (QED) is 0.174. The number of nitrogens with two attached hydrogens (primary N) is 3. The molecule has 0 atom stereocenters. The molecule has 6 heteroatoms. The minimum absolute atomic E-state index is 0.157. The van der Waals surface area contributed by atoms with E-state index < -0.39 is 0 Å². The molecule has 0 aromatic carbocycles. The van der Waals surface area contributed by atoms with E-state index in [-0.39, 0.29) is 5.84 Å². The number of thioether (sulfide) groups is 1. The van der Waals surface area contributed by atoms with Crippen molar-refractivity contribution in [3.8, 4) is 0 Å². The molecule has 5 nitrogen and oxygen atoms in total. The first kappa shape index (κ1) is 8.09. The number of amidine groups is 1. The molecule has 0 saturated carbocycles. The molecule has 0 aliphatic heterocycles. The van der Waals surface area contributed by atoms with Gasteiger partial charge in [-0.15, -0.1) is 11.8 Å². The third kappa shape index (κ3) is 2.22. The molecule has 9 heavy (non-hydrogen) atoms. The zero-order valence-electron chi connectivity index (χ0n) is 5.03. The molecule has 0 amide bonds. The summed E-state index contributed by atoms with van der Waals surface area (Å²) in [4.78, 5) is 0. The number of nitrogens with zero attached hydrogens (tertiary/aromatic N) is 2. The molecule has 0 fully saturated rings. The van der Waals surface area contributed by atoms with Crippen LogP contribution in [0.4, 0.5) is 0 Å². The second kappa shape index (κ2) is 4.02. The van der Waals surface area contributed by atoms with Gasteiger partial charge in [0.2, 0.25) is 0 Å². The molecule has 0 rings (SSSR count). The normalized spacial score (nSPS) is 13.9. The molecule has 0 aliphatic carbocycles. The summed E-state index contributed by atoms with van der Waals surface area (Å²) < 4.78 is 0. The highest BCUT2D eigenvalue weighted by molar-refractivity contribution is 8.15. The van der Waals surface area contributed by atoms with Gasteiger partial charge in [-0.2, -0.15) is 10.2 Å². The predicted octanol–water partition coefficient (Wildman–Crippen LogP) is -1.15. The van der Waals surface area contributed by atoms with E-state index in [2.05, 4.69) is 10.2 Å². The van der Waals surface area contributed by atoms with Gasteiger partial charge < -0.3 is 17.4 Å². The fraction of sp³-hybridized carbons (Fsp3) is 0.333. The second-order valence-corrected chi connectivity index (χ2v) is 1.95. The van der Waals surface area contributed by atoms with Crippen LogP contribution in [0.25, 0.3) is 0 Å². The van der Waals surface area contributed by atoms with Gasteiger partial charge >= 0.3 is 0 Å². The molecule has 0 spiro atoms. The molecule has 52 valence electrons. The Bertz CT molecular complexity index is 139. The molecular formula is C3H9N5S. The summed E-state index contributed by atoms with van der Waals surface area (Å²) in [5, 5.41) is 6.96. The fourth-order valence-corrected chi connectivity index (χ4v) is 0.646. The van der Waals surface area contributed by atoms with Crippen LogP contribution >= 0.6 is 11.8 Å². The van der Waals surface area contributed by atoms with Gasteiger partial charge in [-0.05, 0) is 6.26 Å². The van der Waals surface area contributed by atoms with Crippen LogP contribution in [0, 0.1) is 0 Å². The minimum Gasteiger partial charge on any atom is -0.380 e. The maximum absolute atomic E-state index is 5.23. The molecule has 0 aliphatic rings. The van der Waals surface area contributed by atoms with Gasteiger partial charge in [-0.3, -0.25) is 0 Å². The van der Waals surface area contributed by atoms with Gasteiger partial charge in [0.25, 0.3) is 0 Å². The van der Waals surface area contributed by atoms with Crippen molar-refractivity contribution in [3.63, 3.8) is 0 Å². The molecule has 0 saturated heterocycles. The van der Waals surface area contributed by atoms with Crippen molar-refractivity contribution in [2.24, 2.45) is 27.6 Å². The summed E-state index contributed by atoms with van der Waals surface area (Å²) in [7, 11) is 0. The smallest absolute Gasteiger partial charge is 0.177 e. The number of rotatable bonds is 0. The lowest BCUT2D eigenvalue weighted by molar-refractivity contribution is 1.23. The third-order valence-corrected chi connectivity index (χ3v) is 1.37. The molecule has 0 radical (unpaired) electrons. The first-order valence-electron chi connectivity index (χ1n) is 2.11. The highest BCUT2D eigenvalue weighted by Gasteiger charge is 1.99. The van der Waals surface area contributed by atoms with Crippen LogP contribution in [-0.4, -0.2) is 17.1 Å². The SMILES string of the molecule is CSC(=N/N)/C(N)=N\N. The van der Waals surface area contributed by atoms with E-state index in [0.717, 1.165) is 0 Å². The van der Waals surface area contributed by atoms with Crippen LogP contribution in [-0.2, 0) is 0 Å². The molecule has 0 heterocycles. The number of hydrogen-bond acceptors (Lipinski definition) is 5. The Morgan fingerprint density at radius 3 is 2.00 bits per heavy atom. The molecule has 0 aromatic heterocycles. The Balaban J connectivity index is 4.14. The summed E-state index contributed by atoms with van der Waals surface area (Å²) in [6.45, 7) is 0. The van der Waals surface area contributed by atoms with Crippen molar-refractivity contribution in [1.29, 1.82) is 0 Å². The van der Waals surface area contributed by atoms with E-state index in [4.69, 9.17) is 17.4 Å². The van der Waals surface area contributed by atoms with Crippen molar-refractivity contribution >= 4 is 22.6 Å². The summed E-state index contributed by atoms with van der Waals surface area (Å²) in [5.74, 6) is 9.91. The lowest BCUT2D eigenvalue weighted by atomic mass is 10.7. The zero-order chi connectivity index (χ0) is 7.28. The molecule has 0 aromatic rings. The minimum atomic E-state index is 0.157. The van der Waals surface area contributed by atoms with E-state index in [1.54, 1.807) is 6.26 Å². The maximum atomic E-state index is 5.23. The lowest BCUT2D eigenvalue weighted by Crippen LogP contribution is -2.23. The third-order valence-electron chi connectivity index (χ3n) is 0.669. The van der Waals surface area contributed by atoms with Crippen molar-refractivity contribution in [2.45, 2.75) is 0 Å². The van der Waals surface area contributed by atoms with Crippen LogP contribution < -0.4 is 17.4 Å². The molecular weight excluding hydrogens is 138 g/mol. The van der Waals surface area contributed by atoms with Gasteiger partial charge in [0.15, 0.2) is 10.9 Å². The molecule has 0 bridgehead atoms. The van der Waals surface area contributed by atoms with E-state index in [0.29, 0.717) is 5.04 Å².